The second-order valence-corrected chi connectivity index (χ2v) is 11.9. The van der Waals surface area contributed by atoms with Crippen LogP contribution < -0.4 is 0 Å². The largest absolute Gasteiger partial charge is 0.365 e. The Morgan fingerprint density at radius 3 is 2.21 bits per heavy atom. The highest BCUT2D eigenvalue weighted by Gasteiger charge is 2.26. The van der Waals surface area contributed by atoms with Gasteiger partial charge in [0.15, 0.2) is 0 Å². The van der Waals surface area contributed by atoms with Gasteiger partial charge in [0.25, 0.3) is 0 Å². The maximum Gasteiger partial charge on any atom is 0.365 e. The normalized spacial score (nSPS) is 12.9. The van der Waals surface area contributed by atoms with Gasteiger partial charge >= 0.3 is 5.97 Å². The quantitative estimate of drug-likeness (QED) is 0.105. The van der Waals surface area contributed by atoms with Gasteiger partial charge in [-0.15, -0.1) is 0 Å². The maximum atomic E-state index is 12.6. The molecule has 1 aromatic heterocycles. The van der Waals surface area contributed by atoms with Crippen molar-refractivity contribution in [2.45, 2.75) is 24.7 Å². The van der Waals surface area contributed by atoms with Gasteiger partial charge in [0.05, 0.1) is 17.5 Å². The van der Waals surface area contributed by atoms with E-state index < -0.39 is 5.97 Å². The lowest BCUT2D eigenvalue weighted by atomic mass is 9.97. The van der Waals surface area contributed by atoms with Crippen molar-refractivity contribution < 1.29 is 9.63 Å². The molecule has 0 spiro atoms. The number of fused-ring (bicyclic) bond motifs is 1. The Labute approximate surface area is 259 Å². The van der Waals surface area contributed by atoms with Gasteiger partial charge in [0.2, 0.25) is 0 Å². The Morgan fingerprint density at radius 1 is 0.857 bits per heavy atom. The lowest BCUT2D eigenvalue weighted by Gasteiger charge is -2.21. The highest BCUT2D eigenvalue weighted by atomic mass is 35.5. The van der Waals surface area contributed by atoms with E-state index in [-0.39, 0.29) is 0 Å². The fourth-order valence-corrected chi connectivity index (χ4v) is 6.32. The summed E-state index contributed by atoms with van der Waals surface area (Å²) in [6.45, 7) is 2.08. The van der Waals surface area contributed by atoms with Crippen molar-refractivity contribution in [2.24, 2.45) is 5.16 Å². The fraction of sp³-hybridized carbons (Fsp3) is 0.0857. The number of rotatable bonds is 7. The molecule has 0 N–H and O–H groups in total. The van der Waals surface area contributed by atoms with Crippen LogP contribution in [0, 0.1) is 6.92 Å². The van der Waals surface area contributed by atoms with Gasteiger partial charge in [-0.25, -0.2) is 4.79 Å². The van der Waals surface area contributed by atoms with E-state index in [1.807, 2.05) is 18.2 Å². The van der Waals surface area contributed by atoms with E-state index in [1.54, 1.807) is 42.2 Å². The highest BCUT2D eigenvalue weighted by Crippen LogP contribution is 2.45. The summed E-state index contributed by atoms with van der Waals surface area (Å²) in [4.78, 5) is 20.0. The Bertz CT molecular complexity index is 1790. The molecule has 0 saturated carbocycles. The molecule has 0 saturated heterocycles. The molecule has 7 heteroatoms. The smallest absolute Gasteiger partial charge is 0.313 e. The molecule has 0 aliphatic heterocycles. The number of thioether (sulfide) groups is 1. The zero-order chi connectivity index (χ0) is 29.1. The molecule has 4 aromatic carbocycles. The van der Waals surface area contributed by atoms with Crippen LogP contribution >= 0.6 is 35.0 Å². The number of nitrogens with zero attached hydrogens (tertiary/aromatic N) is 2. The van der Waals surface area contributed by atoms with Crippen LogP contribution in [0.5, 0.6) is 0 Å². The summed E-state index contributed by atoms with van der Waals surface area (Å²) in [5, 5.41) is 5.38. The van der Waals surface area contributed by atoms with E-state index in [0.717, 1.165) is 50.7 Å². The highest BCUT2D eigenvalue weighted by molar-refractivity contribution is 8.08. The Kier molecular flexibility index (Phi) is 8.34. The van der Waals surface area contributed by atoms with Gasteiger partial charge in [-0.3, -0.25) is 0 Å². The third-order valence-electron chi connectivity index (χ3n) is 7.09. The van der Waals surface area contributed by atoms with Crippen molar-refractivity contribution in [2.75, 3.05) is 0 Å². The average molecular weight is 610 g/mol. The van der Waals surface area contributed by atoms with E-state index in [1.165, 1.54) is 11.3 Å². The second-order valence-electron chi connectivity index (χ2n) is 9.96. The number of aromatic nitrogens is 1. The minimum absolute atomic E-state index is 0.387. The first kappa shape index (κ1) is 28.1. The molecule has 0 atom stereocenters. The summed E-state index contributed by atoms with van der Waals surface area (Å²) in [6, 6.07) is 35.6. The maximum absolute atomic E-state index is 12.6. The molecule has 0 radical (unpaired) electrons. The summed E-state index contributed by atoms with van der Waals surface area (Å²) in [6.07, 6.45) is 3.19. The number of allylic oxidation sites excluding steroid dienone is 1. The van der Waals surface area contributed by atoms with Crippen molar-refractivity contribution in [3.05, 3.63) is 147 Å². The van der Waals surface area contributed by atoms with E-state index in [2.05, 4.69) is 83.4 Å². The first-order valence-electron chi connectivity index (χ1n) is 13.5. The molecule has 1 heterocycles. The molecule has 0 unspecified atom stereocenters. The van der Waals surface area contributed by atoms with Crippen molar-refractivity contribution in [3.63, 3.8) is 0 Å². The van der Waals surface area contributed by atoms with Crippen LogP contribution in [0.4, 0.5) is 0 Å². The summed E-state index contributed by atoms with van der Waals surface area (Å²) in [7, 11) is 0. The first-order valence-corrected chi connectivity index (χ1v) is 15.1. The number of aryl methyl sites for hydroxylation is 1. The van der Waals surface area contributed by atoms with Gasteiger partial charge in [0, 0.05) is 36.8 Å². The SMILES string of the molecule is Cc1ccc(SC2=C(C=NOC(=O)c3ccc(Cl)cc3)CCc3c2cc(-c2ccccc2)n3-c2ccc(Cl)cc2)cc1. The van der Waals surface area contributed by atoms with E-state index in [9.17, 15) is 4.79 Å². The molecule has 6 rings (SSSR count). The summed E-state index contributed by atoms with van der Waals surface area (Å²) < 4.78 is 2.32. The van der Waals surface area contributed by atoms with E-state index >= 15 is 0 Å². The predicted octanol–water partition coefficient (Wildman–Crippen LogP) is 10.1. The molecule has 5 aromatic rings. The lowest BCUT2D eigenvalue weighted by Crippen LogP contribution is -2.09. The van der Waals surface area contributed by atoms with E-state index in [4.69, 9.17) is 28.0 Å². The zero-order valence-electron chi connectivity index (χ0n) is 22.8. The number of carbonyl (C=O) groups is 1. The van der Waals surface area contributed by atoms with Crippen molar-refractivity contribution >= 4 is 52.1 Å². The number of carbonyl (C=O) groups excluding carboxylic acids is 1. The van der Waals surface area contributed by atoms with Gasteiger partial charge in [-0.05, 0) is 97.6 Å². The van der Waals surface area contributed by atoms with Gasteiger partial charge in [-0.2, -0.15) is 0 Å². The molecule has 1 aliphatic carbocycles. The van der Waals surface area contributed by atoms with Crippen LogP contribution in [0.15, 0.2) is 125 Å². The van der Waals surface area contributed by atoms with Crippen LogP contribution in [0.25, 0.3) is 21.8 Å². The number of halogens is 2. The molecule has 4 nitrogen and oxygen atoms in total. The number of hydrogen-bond acceptors (Lipinski definition) is 4. The Morgan fingerprint density at radius 2 is 1.52 bits per heavy atom. The van der Waals surface area contributed by atoms with Crippen LogP contribution in [-0.4, -0.2) is 16.8 Å². The van der Waals surface area contributed by atoms with Gasteiger partial charge < -0.3 is 9.40 Å². The predicted molar refractivity (Wildman–Crippen MR) is 174 cm³/mol. The zero-order valence-corrected chi connectivity index (χ0v) is 25.1. The third-order valence-corrected chi connectivity index (χ3v) is 8.79. The van der Waals surface area contributed by atoms with E-state index in [0.29, 0.717) is 15.6 Å². The van der Waals surface area contributed by atoms with Gasteiger partial charge in [0.1, 0.15) is 0 Å². The Balaban J connectivity index is 1.44. The van der Waals surface area contributed by atoms with Gasteiger partial charge in [-0.1, -0.05) is 88.1 Å². The standard InChI is InChI=1S/C35H26Cl2N2O2S/c1-23-7-18-30(19-8-23)42-34-26(22-38-41-35(40)25-9-12-27(36)13-10-25)11-20-32-31(34)21-33(24-5-3-2-4-6-24)39(32)29-16-14-28(37)15-17-29/h2-10,12-19,21-22H,11,20H2,1H3. The second kappa shape index (κ2) is 12.5. The lowest BCUT2D eigenvalue weighted by molar-refractivity contribution is 0.0519. The molecule has 208 valence electrons. The molecule has 0 amide bonds. The summed E-state index contributed by atoms with van der Waals surface area (Å²) in [5.41, 5.74) is 8.20. The Hall–Kier alpha value is -4.03. The molecule has 42 heavy (non-hydrogen) atoms. The minimum atomic E-state index is -0.534. The number of hydrogen-bond donors (Lipinski definition) is 0. The van der Waals surface area contributed by atoms with Crippen molar-refractivity contribution in [1.29, 1.82) is 0 Å². The first-order chi connectivity index (χ1) is 20.5. The van der Waals surface area contributed by atoms with Crippen LogP contribution in [0.2, 0.25) is 10.0 Å². The summed E-state index contributed by atoms with van der Waals surface area (Å²) in [5.74, 6) is -0.534. The molecular formula is C35H26Cl2N2O2S. The van der Waals surface area contributed by atoms with Crippen LogP contribution in [0.1, 0.15) is 33.6 Å². The molecular weight excluding hydrogens is 583 g/mol. The number of benzene rings is 4. The topological polar surface area (TPSA) is 43.6 Å². The minimum Gasteiger partial charge on any atom is -0.313 e. The number of oxime groups is 1. The average Bonchev–Trinajstić information content (AvgIpc) is 3.40. The molecule has 0 fully saturated rings. The molecule has 0 bridgehead atoms. The third kappa shape index (κ3) is 6.09. The fourth-order valence-electron chi connectivity index (χ4n) is 4.98. The van der Waals surface area contributed by atoms with Crippen LogP contribution in [0.3, 0.4) is 0 Å². The van der Waals surface area contributed by atoms with Crippen molar-refractivity contribution in [3.8, 4) is 16.9 Å². The monoisotopic (exact) mass is 608 g/mol. The summed E-state index contributed by atoms with van der Waals surface area (Å²) >= 11 is 13.9. The molecule has 1 aliphatic rings. The van der Waals surface area contributed by atoms with Crippen LogP contribution in [-0.2, 0) is 11.3 Å². The van der Waals surface area contributed by atoms with Crippen molar-refractivity contribution in [1.82, 2.24) is 4.57 Å².